The quantitative estimate of drug-likeness (QED) is 0.847. The van der Waals surface area contributed by atoms with E-state index in [-0.39, 0.29) is 0 Å². The Morgan fingerprint density at radius 2 is 2.27 bits per heavy atom. The molecule has 0 radical (unpaired) electrons. The predicted molar refractivity (Wildman–Crippen MR) is 61.9 cm³/mol. The first-order valence-electron chi connectivity index (χ1n) is 4.69. The standard InChI is InChI=1S/C11H12ClN3/c1-8-3-2-4-9(5-8)6-15-7-10(12)11(13)14-15/h2-5,7H,6H2,1H3,(H2,13,14). The highest BCUT2D eigenvalue weighted by molar-refractivity contribution is 6.32. The number of hydrogen-bond donors (Lipinski definition) is 1. The van der Waals surface area contributed by atoms with Crippen molar-refractivity contribution in [2.45, 2.75) is 13.5 Å². The molecule has 1 aromatic carbocycles. The van der Waals surface area contributed by atoms with E-state index in [2.05, 4.69) is 30.2 Å². The first-order chi connectivity index (χ1) is 7.15. The number of rotatable bonds is 2. The molecule has 0 saturated carbocycles. The molecule has 15 heavy (non-hydrogen) atoms. The lowest BCUT2D eigenvalue weighted by Gasteiger charge is -2.02. The van der Waals surface area contributed by atoms with E-state index in [1.54, 1.807) is 10.9 Å². The predicted octanol–water partition coefficient (Wildman–Crippen LogP) is 2.48. The van der Waals surface area contributed by atoms with Crippen molar-refractivity contribution < 1.29 is 0 Å². The fourth-order valence-electron chi connectivity index (χ4n) is 1.49. The Kier molecular flexibility index (Phi) is 2.64. The Balaban J connectivity index is 2.22. The van der Waals surface area contributed by atoms with Gasteiger partial charge in [-0.1, -0.05) is 41.4 Å². The molecular formula is C11H12ClN3. The van der Waals surface area contributed by atoms with E-state index >= 15 is 0 Å². The Morgan fingerprint density at radius 3 is 2.87 bits per heavy atom. The van der Waals surface area contributed by atoms with E-state index in [4.69, 9.17) is 17.3 Å². The van der Waals surface area contributed by atoms with Gasteiger partial charge in [-0.25, -0.2) is 0 Å². The average molecular weight is 222 g/mol. The van der Waals surface area contributed by atoms with Crippen LogP contribution in [0.3, 0.4) is 0 Å². The minimum absolute atomic E-state index is 0.379. The second-order valence-corrected chi connectivity index (χ2v) is 3.96. The average Bonchev–Trinajstić information content (AvgIpc) is 2.45. The lowest BCUT2D eigenvalue weighted by Crippen LogP contribution is -2.01. The monoisotopic (exact) mass is 221 g/mol. The number of anilines is 1. The summed E-state index contributed by atoms with van der Waals surface area (Å²) >= 11 is 5.82. The molecule has 0 aliphatic carbocycles. The fraction of sp³-hybridized carbons (Fsp3) is 0.182. The van der Waals surface area contributed by atoms with Crippen LogP contribution < -0.4 is 5.73 Å². The maximum absolute atomic E-state index is 5.82. The number of nitrogens with two attached hydrogens (primary N) is 1. The molecule has 0 bridgehead atoms. The molecule has 0 amide bonds. The van der Waals surface area contributed by atoms with Gasteiger partial charge in [0.25, 0.3) is 0 Å². The van der Waals surface area contributed by atoms with E-state index in [9.17, 15) is 0 Å². The summed E-state index contributed by atoms with van der Waals surface area (Å²) in [6, 6.07) is 8.26. The molecule has 4 heteroatoms. The largest absolute Gasteiger partial charge is 0.381 e. The van der Waals surface area contributed by atoms with Crippen LogP contribution in [0.15, 0.2) is 30.5 Å². The zero-order valence-electron chi connectivity index (χ0n) is 8.44. The molecular weight excluding hydrogens is 210 g/mol. The number of aromatic nitrogens is 2. The van der Waals surface area contributed by atoms with E-state index in [0.29, 0.717) is 17.4 Å². The fourth-order valence-corrected chi connectivity index (χ4v) is 1.64. The first-order valence-corrected chi connectivity index (χ1v) is 5.07. The minimum Gasteiger partial charge on any atom is -0.381 e. The zero-order valence-corrected chi connectivity index (χ0v) is 9.20. The van der Waals surface area contributed by atoms with Gasteiger partial charge in [0, 0.05) is 6.20 Å². The number of nitrogens with zero attached hydrogens (tertiary/aromatic N) is 2. The highest BCUT2D eigenvalue weighted by Gasteiger charge is 2.02. The van der Waals surface area contributed by atoms with Gasteiger partial charge in [0.2, 0.25) is 0 Å². The summed E-state index contributed by atoms with van der Waals surface area (Å²) in [5.41, 5.74) is 7.98. The molecule has 1 aromatic heterocycles. The van der Waals surface area contributed by atoms with Crippen molar-refractivity contribution in [3.05, 3.63) is 46.6 Å². The second kappa shape index (κ2) is 3.95. The molecule has 0 aliphatic rings. The third kappa shape index (κ3) is 2.30. The molecule has 2 rings (SSSR count). The molecule has 1 heterocycles. The van der Waals surface area contributed by atoms with Gasteiger partial charge >= 0.3 is 0 Å². The topological polar surface area (TPSA) is 43.8 Å². The van der Waals surface area contributed by atoms with Gasteiger partial charge in [0.1, 0.15) is 5.02 Å². The lowest BCUT2D eigenvalue weighted by molar-refractivity contribution is 0.690. The number of halogens is 1. The van der Waals surface area contributed by atoms with Crippen LogP contribution in [0.4, 0.5) is 5.82 Å². The van der Waals surface area contributed by atoms with Crippen molar-refractivity contribution >= 4 is 17.4 Å². The molecule has 0 unspecified atom stereocenters. The van der Waals surface area contributed by atoms with E-state index < -0.39 is 0 Å². The molecule has 0 fully saturated rings. The summed E-state index contributed by atoms with van der Waals surface area (Å²) < 4.78 is 1.74. The third-order valence-electron chi connectivity index (χ3n) is 2.17. The zero-order chi connectivity index (χ0) is 10.8. The maximum Gasteiger partial charge on any atom is 0.164 e. The van der Waals surface area contributed by atoms with Gasteiger partial charge in [-0.2, -0.15) is 5.10 Å². The van der Waals surface area contributed by atoms with Gasteiger partial charge in [0.05, 0.1) is 6.54 Å². The van der Waals surface area contributed by atoms with Crippen molar-refractivity contribution in [1.82, 2.24) is 9.78 Å². The normalized spacial score (nSPS) is 10.5. The van der Waals surface area contributed by atoms with Crippen molar-refractivity contribution in [1.29, 1.82) is 0 Å². The SMILES string of the molecule is Cc1cccc(Cn2cc(Cl)c(N)n2)c1. The van der Waals surface area contributed by atoms with Crippen molar-refractivity contribution in [2.75, 3.05) is 5.73 Å². The van der Waals surface area contributed by atoms with E-state index in [0.717, 1.165) is 0 Å². The maximum atomic E-state index is 5.82. The van der Waals surface area contributed by atoms with Crippen LogP contribution in [0.5, 0.6) is 0 Å². The molecule has 0 spiro atoms. The van der Waals surface area contributed by atoms with Crippen LogP contribution in [0, 0.1) is 6.92 Å². The van der Waals surface area contributed by atoms with Gasteiger partial charge in [0.15, 0.2) is 5.82 Å². The lowest BCUT2D eigenvalue weighted by atomic mass is 10.1. The third-order valence-corrected chi connectivity index (χ3v) is 2.46. The molecule has 0 saturated heterocycles. The molecule has 2 N–H and O–H groups in total. The number of nitrogen functional groups attached to an aromatic ring is 1. The summed E-state index contributed by atoms with van der Waals surface area (Å²) in [4.78, 5) is 0. The number of benzene rings is 1. The summed E-state index contributed by atoms with van der Waals surface area (Å²) in [6.07, 6.45) is 1.74. The van der Waals surface area contributed by atoms with Gasteiger partial charge in [-0.15, -0.1) is 0 Å². The molecule has 0 atom stereocenters. The Morgan fingerprint density at radius 1 is 1.47 bits per heavy atom. The van der Waals surface area contributed by atoms with Crippen molar-refractivity contribution in [3.8, 4) is 0 Å². The summed E-state index contributed by atoms with van der Waals surface area (Å²) in [5, 5.41) is 4.60. The first kappa shape index (κ1) is 10.1. The van der Waals surface area contributed by atoms with Crippen LogP contribution in [0.1, 0.15) is 11.1 Å². The smallest absolute Gasteiger partial charge is 0.164 e. The highest BCUT2D eigenvalue weighted by Crippen LogP contribution is 2.16. The Hall–Kier alpha value is -1.48. The Labute approximate surface area is 93.5 Å². The van der Waals surface area contributed by atoms with E-state index in [1.807, 2.05) is 6.07 Å². The van der Waals surface area contributed by atoms with Crippen LogP contribution in [-0.4, -0.2) is 9.78 Å². The van der Waals surface area contributed by atoms with Gasteiger partial charge in [-0.05, 0) is 12.5 Å². The van der Waals surface area contributed by atoms with Crippen LogP contribution in [0.2, 0.25) is 5.02 Å². The summed E-state index contributed by atoms with van der Waals surface area (Å²) in [7, 11) is 0. The molecule has 3 nitrogen and oxygen atoms in total. The summed E-state index contributed by atoms with van der Waals surface area (Å²) in [5.74, 6) is 0.379. The number of hydrogen-bond acceptors (Lipinski definition) is 2. The van der Waals surface area contributed by atoms with Crippen LogP contribution in [-0.2, 0) is 6.54 Å². The second-order valence-electron chi connectivity index (χ2n) is 3.55. The molecule has 78 valence electrons. The van der Waals surface area contributed by atoms with E-state index in [1.165, 1.54) is 11.1 Å². The molecule has 0 aliphatic heterocycles. The summed E-state index contributed by atoms with van der Waals surface area (Å²) in [6.45, 7) is 2.76. The Bertz CT molecular complexity index is 457. The number of aryl methyl sites for hydroxylation is 1. The van der Waals surface area contributed by atoms with Gasteiger partial charge < -0.3 is 5.73 Å². The van der Waals surface area contributed by atoms with Crippen LogP contribution >= 0.6 is 11.6 Å². The van der Waals surface area contributed by atoms with Crippen molar-refractivity contribution in [2.24, 2.45) is 0 Å². The van der Waals surface area contributed by atoms with Crippen molar-refractivity contribution in [3.63, 3.8) is 0 Å². The van der Waals surface area contributed by atoms with Gasteiger partial charge in [-0.3, -0.25) is 4.68 Å². The molecule has 2 aromatic rings. The van der Waals surface area contributed by atoms with Crippen LogP contribution in [0.25, 0.3) is 0 Å². The highest BCUT2D eigenvalue weighted by atomic mass is 35.5. The minimum atomic E-state index is 0.379.